The van der Waals surface area contributed by atoms with E-state index in [9.17, 15) is 14.4 Å². The summed E-state index contributed by atoms with van der Waals surface area (Å²) in [5, 5.41) is 0. The van der Waals surface area contributed by atoms with Crippen molar-refractivity contribution in [2.45, 2.75) is 317 Å². The maximum Gasteiger partial charge on any atom is 0.306 e. The molecule has 6 heteroatoms. The van der Waals surface area contributed by atoms with Gasteiger partial charge in [0.1, 0.15) is 13.2 Å². The summed E-state index contributed by atoms with van der Waals surface area (Å²) in [6.07, 6.45) is 49.6. The second kappa shape index (κ2) is 48.3. The van der Waals surface area contributed by atoms with Gasteiger partial charge in [0.25, 0.3) is 0 Å². The molecule has 0 radical (unpaired) electrons. The molecule has 0 fully saturated rings. The van der Waals surface area contributed by atoms with Crippen LogP contribution in [-0.2, 0) is 28.6 Å². The van der Waals surface area contributed by atoms with E-state index in [2.05, 4.69) is 41.5 Å². The van der Waals surface area contributed by atoms with E-state index in [1.807, 2.05) is 0 Å². The molecule has 0 aromatic rings. The van der Waals surface area contributed by atoms with E-state index in [0.29, 0.717) is 19.3 Å². The summed E-state index contributed by atoms with van der Waals surface area (Å²) in [4.78, 5) is 38.0. The van der Waals surface area contributed by atoms with Crippen LogP contribution in [0.2, 0.25) is 0 Å². The first-order chi connectivity index (χ1) is 30.6. The molecule has 0 aliphatic carbocycles. The third-order valence-electron chi connectivity index (χ3n) is 13.3. The minimum Gasteiger partial charge on any atom is -0.462 e. The molecule has 0 aliphatic rings. The van der Waals surface area contributed by atoms with Crippen LogP contribution in [0.15, 0.2) is 0 Å². The molecule has 0 bridgehead atoms. The molecule has 2 atom stereocenters. The third-order valence-corrected chi connectivity index (χ3v) is 13.3. The largest absolute Gasteiger partial charge is 0.462 e. The number of hydrogen-bond acceptors (Lipinski definition) is 6. The number of ether oxygens (including phenoxy) is 3. The van der Waals surface area contributed by atoms with E-state index < -0.39 is 6.10 Å². The second-order valence-electron chi connectivity index (χ2n) is 20.8. The van der Waals surface area contributed by atoms with Crippen LogP contribution < -0.4 is 0 Å². The zero-order valence-electron chi connectivity index (χ0n) is 43.4. The minimum absolute atomic E-state index is 0.0647. The molecule has 0 saturated carbocycles. The summed E-state index contributed by atoms with van der Waals surface area (Å²) >= 11 is 0. The number of rotatable bonds is 50. The maximum atomic E-state index is 12.8. The summed E-state index contributed by atoms with van der Waals surface area (Å²) in [7, 11) is 0. The molecule has 0 heterocycles. The summed E-state index contributed by atoms with van der Waals surface area (Å²) in [6, 6.07) is 0. The average molecular weight is 892 g/mol. The number of carbonyl (C=O) groups is 3. The van der Waals surface area contributed by atoms with Crippen LogP contribution in [0.1, 0.15) is 311 Å². The molecule has 0 aliphatic heterocycles. The fraction of sp³-hybridized carbons (Fsp3) is 0.947. The Bertz CT molecular complexity index is 978. The Hall–Kier alpha value is -1.59. The number of unbranched alkanes of at least 4 members (excludes halogenated alkanes) is 32. The molecule has 63 heavy (non-hydrogen) atoms. The van der Waals surface area contributed by atoms with Gasteiger partial charge in [-0.25, -0.2) is 0 Å². The van der Waals surface area contributed by atoms with Crippen LogP contribution in [-0.4, -0.2) is 37.2 Å². The number of hydrogen-bond donors (Lipinski definition) is 0. The smallest absolute Gasteiger partial charge is 0.306 e. The summed E-state index contributed by atoms with van der Waals surface area (Å²) < 4.78 is 16.8. The van der Waals surface area contributed by atoms with E-state index >= 15 is 0 Å². The van der Waals surface area contributed by atoms with Gasteiger partial charge >= 0.3 is 17.9 Å². The molecule has 0 rings (SSSR count). The highest BCUT2D eigenvalue weighted by molar-refractivity contribution is 5.71. The van der Waals surface area contributed by atoms with E-state index in [-0.39, 0.29) is 31.1 Å². The lowest BCUT2D eigenvalue weighted by molar-refractivity contribution is -0.167. The van der Waals surface area contributed by atoms with Crippen LogP contribution in [0.4, 0.5) is 0 Å². The van der Waals surface area contributed by atoms with Crippen molar-refractivity contribution < 1.29 is 28.6 Å². The fourth-order valence-electron chi connectivity index (χ4n) is 8.61. The highest BCUT2D eigenvalue weighted by Gasteiger charge is 2.19. The highest BCUT2D eigenvalue weighted by atomic mass is 16.6. The molecule has 6 nitrogen and oxygen atoms in total. The van der Waals surface area contributed by atoms with Gasteiger partial charge in [-0.1, -0.05) is 273 Å². The maximum absolute atomic E-state index is 12.8. The van der Waals surface area contributed by atoms with Crippen molar-refractivity contribution >= 4 is 17.9 Å². The van der Waals surface area contributed by atoms with Crippen LogP contribution in [0.3, 0.4) is 0 Å². The minimum atomic E-state index is -0.764. The summed E-state index contributed by atoms with van der Waals surface area (Å²) in [5.74, 6) is 1.65. The van der Waals surface area contributed by atoms with Gasteiger partial charge in [-0.05, 0) is 37.0 Å². The molecule has 0 saturated heterocycles. The van der Waals surface area contributed by atoms with Gasteiger partial charge in [0, 0.05) is 19.3 Å². The van der Waals surface area contributed by atoms with Gasteiger partial charge in [-0.15, -0.1) is 0 Å². The van der Waals surface area contributed by atoms with E-state index in [1.165, 1.54) is 193 Å². The molecular formula is C57H110O6. The summed E-state index contributed by atoms with van der Waals surface area (Å²) in [6.45, 7) is 13.7. The summed E-state index contributed by atoms with van der Waals surface area (Å²) in [5.41, 5.74) is 0. The first kappa shape index (κ1) is 61.4. The Morgan fingerprint density at radius 2 is 0.556 bits per heavy atom. The Morgan fingerprint density at radius 1 is 0.317 bits per heavy atom. The molecule has 374 valence electrons. The Labute approximate surface area is 393 Å². The van der Waals surface area contributed by atoms with Crippen LogP contribution in [0.5, 0.6) is 0 Å². The van der Waals surface area contributed by atoms with Crippen molar-refractivity contribution in [2.75, 3.05) is 13.2 Å². The second-order valence-corrected chi connectivity index (χ2v) is 20.8. The van der Waals surface area contributed by atoms with Crippen molar-refractivity contribution in [3.8, 4) is 0 Å². The van der Waals surface area contributed by atoms with Crippen LogP contribution in [0.25, 0.3) is 0 Å². The molecule has 1 unspecified atom stereocenters. The van der Waals surface area contributed by atoms with Gasteiger partial charge in [0.15, 0.2) is 6.10 Å². The SMILES string of the molecule is CCC(C)CCCCCCCCC(=O)O[C@@H](COC(=O)CCCCCCCCCCCCCCCCCCC(C)C)COC(=O)CCCCCCCCCCCCCCCC(C)C. The Morgan fingerprint density at radius 3 is 0.825 bits per heavy atom. The highest BCUT2D eigenvalue weighted by Crippen LogP contribution is 2.18. The van der Waals surface area contributed by atoms with Gasteiger partial charge in [0.2, 0.25) is 0 Å². The van der Waals surface area contributed by atoms with Gasteiger partial charge in [-0.2, -0.15) is 0 Å². The van der Waals surface area contributed by atoms with Gasteiger partial charge < -0.3 is 14.2 Å². The molecule has 0 aromatic heterocycles. The first-order valence-corrected chi connectivity index (χ1v) is 28.1. The monoisotopic (exact) mass is 891 g/mol. The number of carbonyl (C=O) groups excluding carboxylic acids is 3. The Kier molecular flexibility index (Phi) is 47.1. The van der Waals surface area contributed by atoms with Crippen molar-refractivity contribution in [1.29, 1.82) is 0 Å². The predicted octanol–water partition coefficient (Wildman–Crippen LogP) is 18.3. The average Bonchev–Trinajstić information content (AvgIpc) is 3.25. The standard InChI is InChI=1S/C57H110O6/c1-7-53(6)45-39-33-29-30-36-42-48-57(60)63-54(50-62-56(59)47-41-35-28-24-20-16-12-14-18-22-26-32-38-44-52(4)5)49-61-55(58)46-40-34-27-23-19-15-11-9-8-10-13-17-21-25-31-37-43-51(2)3/h51-54H,7-50H2,1-6H3/t53?,54-/m0/s1. The fourth-order valence-corrected chi connectivity index (χ4v) is 8.61. The van der Waals surface area contributed by atoms with Gasteiger partial charge in [-0.3, -0.25) is 14.4 Å². The lowest BCUT2D eigenvalue weighted by Gasteiger charge is -2.18. The van der Waals surface area contributed by atoms with Crippen molar-refractivity contribution in [2.24, 2.45) is 17.8 Å². The number of esters is 3. The lowest BCUT2D eigenvalue weighted by atomic mass is 10.00. The predicted molar refractivity (Wildman–Crippen MR) is 270 cm³/mol. The first-order valence-electron chi connectivity index (χ1n) is 28.1. The molecule has 0 amide bonds. The van der Waals surface area contributed by atoms with Crippen molar-refractivity contribution in [3.05, 3.63) is 0 Å². The van der Waals surface area contributed by atoms with Crippen LogP contribution >= 0.6 is 0 Å². The normalized spacial score (nSPS) is 12.6. The van der Waals surface area contributed by atoms with E-state index in [0.717, 1.165) is 75.5 Å². The molecular weight excluding hydrogens is 781 g/mol. The molecule has 0 spiro atoms. The molecule has 0 N–H and O–H groups in total. The van der Waals surface area contributed by atoms with Crippen LogP contribution in [0, 0.1) is 17.8 Å². The van der Waals surface area contributed by atoms with E-state index in [4.69, 9.17) is 14.2 Å². The zero-order valence-corrected chi connectivity index (χ0v) is 43.4. The quantitative estimate of drug-likeness (QED) is 0.0344. The Balaban J connectivity index is 4.23. The van der Waals surface area contributed by atoms with Gasteiger partial charge in [0.05, 0.1) is 0 Å². The topological polar surface area (TPSA) is 78.9 Å². The third kappa shape index (κ3) is 49.7. The lowest BCUT2D eigenvalue weighted by Crippen LogP contribution is -2.30. The molecule has 0 aromatic carbocycles. The van der Waals surface area contributed by atoms with Crippen molar-refractivity contribution in [1.82, 2.24) is 0 Å². The zero-order chi connectivity index (χ0) is 46.3. The van der Waals surface area contributed by atoms with Crippen molar-refractivity contribution in [3.63, 3.8) is 0 Å². The van der Waals surface area contributed by atoms with E-state index in [1.54, 1.807) is 0 Å².